The lowest BCUT2D eigenvalue weighted by Crippen LogP contribution is -2.29. The van der Waals surface area contributed by atoms with E-state index in [-0.39, 0.29) is 10.4 Å². The Morgan fingerprint density at radius 2 is 1.93 bits per heavy atom. The molecule has 0 aliphatic rings. The molecule has 0 aliphatic carbocycles. The summed E-state index contributed by atoms with van der Waals surface area (Å²) in [6, 6.07) is 3.95. The van der Waals surface area contributed by atoms with Crippen LogP contribution in [0.15, 0.2) is 58.5 Å². The Kier molecular flexibility index (Phi) is 8.88. The number of hydrogen-bond acceptors (Lipinski definition) is 7. The molecule has 214 valence electrons. The number of pyridine rings is 1. The molecule has 0 bridgehead atoms. The monoisotopic (exact) mass is 613 g/mol. The fourth-order valence-electron chi connectivity index (χ4n) is 3.14. The van der Waals surface area contributed by atoms with Crippen LogP contribution in [0.1, 0.15) is 24.7 Å². The average molecular weight is 614 g/mol. The van der Waals surface area contributed by atoms with Gasteiger partial charge in [-0.05, 0) is 26.0 Å². The van der Waals surface area contributed by atoms with E-state index in [1.807, 2.05) is 0 Å². The summed E-state index contributed by atoms with van der Waals surface area (Å²) in [6.07, 6.45) is 3.61. The minimum atomic E-state index is -6.19. The largest absolute Gasteiger partial charge is 0.534 e. The summed E-state index contributed by atoms with van der Waals surface area (Å²) in [7, 11) is -6.19. The molecule has 0 amide bonds. The van der Waals surface area contributed by atoms with E-state index in [0.717, 1.165) is 31.6 Å². The highest BCUT2D eigenvalue weighted by Gasteiger charge is 2.49. The Hall–Kier alpha value is -3.99. The van der Waals surface area contributed by atoms with Crippen LogP contribution in [0.4, 0.5) is 30.7 Å². The number of benzene rings is 1. The summed E-state index contributed by atoms with van der Waals surface area (Å²) in [6.45, 7) is -0.607. The van der Waals surface area contributed by atoms with Crippen LogP contribution in [0.5, 0.6) is 5.75 Å². The van der Waals surface area contributed by atoms with E-state index in [2.05, 4.69) is 19.3 Å². The minimum Gasteiger partial charge on any atom is -0.374 e. The topological polar surface area (TPSA) is 108 Å². The van der Waals surface area contributed by atoms with Crippen LogP contribution in [-0.2, 0) is 10.1 Å². The number of nitrogens with zero attached hydrogens (tertiary/aromatic N) is 5. The van der Waals surface area contributed by atoms with Crippen LogP contribution in [0.2, 0.25) is 5.02 Å². The SMILES string of the molecule is C/C=C/N=C(/C(F)=C/n1c(C)cc(OS(=O)(=O)C(F)(F)F)c(Cl)c1=O)c1cccc(-c2ncnn2C(F)F)c1F. The zero-order chi connectivity index (χ0) is 30.0. The van der Waals surface area contributed by atoms with Crippen molar-refractivity contribution < 1.29 is 43.3 Å². The summed E-state index contributed by atoms with van der Waals surface area (Å²) in [5, 5.41) is 2.18. The highest BCUT2D eigenvalue weighted by Crippen LogP contribution is 2.31. The molecular formula is C22H15ClF7N5O4S. The number of aromatic nitrogens is 4. The lowest BCUT2D eigenvalue weighted by molar-refractivity contribution is -0.0500. The predicted molar refractivity (Wildman–Crippen MR) is 129 cm³/mol. The number of hydrogen-bond donors (Lipinski definition) is 0. The molecular weight excluding hydrogens is 599 g/mol. The molecule has 3 aromatic rings. The Morgan fingerprint density at radius 1 is 1.25 bits per heavy atom. The van der Waals surface area contributed by atoms with Crippen molar-refractivity contribution in [2.45, 2.75) is 25.9 Å². The quantitative estimate of drug-likeness (QED) is 0.141. The van der Waals surface area contributed by atoms with Gasteiger partial charge in [0, 0.05) is 23.5 Å². The molecule has 0 saturated carbocycles. The van der Waals surface area contributed by atoms with Crippen LogP contribution in [0.25, 0.3) is 17.6 Å². The first-order valence-electron chi connectivity index (χ1n) is 10.6. The summed E-state index contributed by atoms with van der Waals surface area (Å²) in [4.78, 5) is 20.1. The van der Waals surface area contributed by atoms with Crippen LogP contribution >= 0.6 is 11.6 Å². The van der Waals surface area contributed by atoms with Crippen molar-refractivity contribution >= 4 is 33.6 Å². The summed E-state index contributed by atoms with van der Waals surface area (Å²) in [5.41, 5.74) is -9.34. The van der Waals surface area contributed by atoms with Gasteiger partial charge in [0.1, 0.15) is 22.9 Å². The van der Waals surface area contributed by atoms with Gasteiger partial charge >= 0.3 is 22.2 Å². The number of allylic oxidation sites excluding steroid dienone is 2. The Balaban J connectivity index is 2.15. The first-order chi connectivity index (χ1) is 18.6. The molecule has 0 unspecified atom stereocenters. The standard InChI is InChI=1S/C22H15ClF7N5O4S/c1-3-7-31-18(12-5-4-6-13(17(12)25)19-32-10-33-35(19)21(26)27)14(24)9-34-11(2)8-15(16(23)20(34)36)39-40(37,38)22(28,29)30/h3-10,21H,1-2H3/b7-3+,14-9-,31-18+. The lowest BCUT2D eigenvalue weighted by Gasteiger charge is -2.14. The third-order valence-corrected chi connectivity index (χ3v) is 6.21. The first kappa shape index (κ1) is 30.6. The Morgan fingerprint density at radius 3 is 2.52 bits per heavy atom. The third-order valence-electron chi connectivity index (χ3n) is 4.90. The van der Waals surface area contributed by atoms with Crippen molar-refractivity contribution in [2.24, 2.45) is 4.99 Å². The molecule has 0 atom stereocenters. The van der Waals surface area contributed by atoms with Crippen molar-refractivity contribution in [2.75, 3.05) is 0 Å². The minimum absolute atomic E-state index is 0.130. The second-order valence-electron chi connectivity index (χ2n) is 7.53. The van der Waals surface area contributed by atoms with Crippen molar-refractivity contribution in [3.05, 3.63) is 81.1 Å². The molecule has 0 aliphatic heterocycles. The van der Waals surface area contributed by atoms with Gasteiger partial charge in [0.25, 0.3) is 5.56 Å². The smallest absolute Gasteiger partial charge is 0.374 e. The molecule has 0 fully saturated rings. The van der Waals surface area contributed by atoms with Gasteiger partial charge < -0.3 is 4.18 Å². The van der Waals surface area contributed by atoms with Crippen molar-refractivity contribution in [3.63, 3.8) is 0 Å². The maximum absolute atomic E-state index is 15.5. The number of alkyl halides is 5. The van der Waals surface area contributed by atoms with E-state index in [1.54, 1.807) is 0 Å². The Labute approximate surface area is 225 Å². The zero-order valence-corrected chi connectivity index (χ0v) is 21.6. The van der Waals surface area contributed by atoms with E-state index >= 15 is 8.78 Å². The summed E-state index contributed by atoms with van der Waals surface area (Å²) in [5.74, 6) is -4.36. The molecule has 2 heterocycles. The Bertz CT molecular complexity index is 1700. The second-order valence-corrected chi connectivity index (χ2v) is 9.45. The average Bonchev–Trinajstić information content (AvgIpc) is 3.35. The fourth-order valence-corrected chi connectivity index (χ4v) is 3.83. The van der Waals surface area contributed by atoms with Crippen molar-refractivity contribution in [3.8, 4) is 17.1 Å². The number of halogens is 8. The second kappa shape index (κ2) is 11.6. The highest BCUT2D eigenvalue weighted by molar-refractivity contribution is 7.88. The van der Waals surface area contributed by atoms with Gasteiger partial charge in [-0.25, -0.2) is 13.8 Å². The maximum Gasteiger partial charge on any atom is 0.534 e. The first-order valence-corrected chi connectivity index (χ1v) is 12.3. The molecule has 3 rings (SSSR count). The van der Waals surface area contributed by atoms with E-state index in [0.29, 0.717) is 16.8 Å². The van der Waals surface area contributed by atoms with Gasteiger partial charge in [-0.1, -0.05) is 23.7 Å². The van der Waals surface area contributed by atoms with Crippen LogP contribution in [0.3, 0.4) is 0 Å². The van der Waals surface area contributed by atoms with E-state index in [1.165, 1.54) is 19.1 Å². The normalized spacial score (nSPS) is 13.5. The van der Waals surface area contributed by atoms with Crippen LogP contribution in [0, 0.1) is 12.7 Å². The molecule has 0 radical (unpaired) electrons. The number of rotatable bonds is 8. The molecule has 40 heavy (non-hydrogen) atoms. The van der Waals surface area contributed by atoms with Gasteiger partial charge in [0.05, 0.1) is 11.8 Å². The molecule has 1 aromatic carbocycles. The van der Waals surface area contributed by atoms with Crippen LogP contribution in [-0.4, -0.2) is 39.0 Å². The van der Waals surface area contributed by atoms with Gasteiger partial charge in [-0.3, -0.25) is 14.4 Å². The fraction of sp³-hybridized carbons (Fsp3) is 0.182. The zero-order valence-electron chi connectivity index (χ0n) is 20.0. The molecule has 0 spiro atoms. The molecule has 18 heteroatoms. The van der Waals surface area contributed by atoms with Crippen LogP contribution < -0.4 is 9.74 Å². The molecule has 0 N–H and O–H groups in total. The van der Waals surface area contributed by atoms with E-state index in [9.17, 15) is 35.2 Å². The van der Waals surface area contributed by atoms with Crippen molar-refractivity contribution in [1.82, 2.24) is 19.3 Å². The molecule has 2 aromatic heterocycles. The lowest BCUT2D eigenvalue weighted by atomic mass is 10.0. The maximum atomic E-state index is 15.5. The molecule has 9 nitrogen and oxygen atoms in total. The summed E-state index contributed by atoms with van der Waals surface area (Å²) >= 11 is 5.71. The van der Waals surface area contributed by atoms with Crippen molar-refractivity contribution in [1.29, 1.82) is 0 Å². The van der Waals surface area contributed by atoms with E-state index in [4.69, 9.17) is 11.6 Å². The van der Waals surface area contributed by atoms with Gasteiger partial charge in [0.2, 0.25) is 0 Å². The van der Waals surface area contributed by atoms with Gasteiger partial charge in [-0.15, -0.1) is 0 Å². The number of aliphatic imine (C=N–C) groups is 1. The summed E-state index contributed by atoms with van der Waals surface area (Å²) < 4.78 is 123. The van der Waals surface area contributed by atoms with Gasteiger partial charge in [0.15, 0.2) is 17.4 Å². The predicted octanol–water partition coefficient (Wildman–Crippen LogP) is 5.62. The van der Waals surface area contributed by atoms with Gasteiger partial charge in [-0.2, -0.15) is 40.2 Å². The molecule has 0 saturated heterocycles. The highest BCUT2D eigenvalue weighted by atomic mass is 35.5. The third kappa shape index (κ3) is 6.09. The number of aryl methyl sites for hydroxylation is 1. The van der Waals surface area contributed by atoms with E-state index < -0.39 is 72.8 Å².